The Hall–Kier alpha value is -3.13. The number of ether oxygens (including phenoxy) is 2. The molecule has 8 heteroatoms. The molecule has 0 aliphatic carbocycles. The highest BCUT2D eigenvalue weighted by molar-refractivity contribution is 5.94. The van der Waals surface area contributed by atoms with Crippen LogP contribution in [-0.4, -0.2) is 67.2 Å². The van der Waals surface area contributed by atoms with Crippen molar-refractivity contribution < 1.29 is 23.5 Å². The fraction of sp³-hybridized carbons (Fsp3) is 0.500. The topological polar surface area (TPSA) is 71.1 Å². The van der Waals surface area contributed by atoms with E-state index in [1.807, 2.05) is 23.1 Å². The molecule has 2 aromatic carbocycles. The molecule has 2 saturated heterocycles. The van der Waals surface area contributed by atoms with Crippen LogP contribution in [0.3, 0.4) is 0 Å². The monoisotopic (exact) mass is 497 g/mol. The molecule has 2 aliphatic rings. The SMILES string of the molecule is CC[C@H](C)[C@@H]1NC2(CCN(C(=O)c3cccc(F)c3)CC2)N(CCc2ccc(OC)c(OC)c2)C1=O. The molecule has 4 rings (SSSR count). The first-order valence-corrected chi connectivity index (χ1v) is 12.7. The zero-order chi connectivity index (χ0) is 25.9. The van der Waals surface area contributed by atoms with Gasteiger partial charge in [-0.25, -0.2) is 4.39 Å². The molecule has 0 radical (unpaired) electrons. The number of likely N-dealkylation sites (tertiary alicyclic amines) is 1. The van der Waals surface area contributed by atoms with Crippen LogP contribution in [0.25, 0.3) is 0 Å². The van der Waals surface area contributed by atoms with Crippen molar-refractivity contribution in [2.45, 2.75) is 51.2 Å². The molecule has 2 fully saturated rings. The predicted octanol–water partition coefficient (Wildman–Crippen LogP) is 3.86. The van der Waals surface area contributed by atoms with Crippen LogP contribution in [0.15, 0.2) is 42.5 Å². The highest BCUT2D eigenvalue weighted by atomic mass is 19.1. The molecule has 1 N–H and O–H groups in total. The zero-order valence-electron chi connectivity index (χ0n) is 21.6. The first-order chi connectivity index (χ1) is 17.3. The number of halogens is 1. The number of nitrogens with zero attached hydrogens (tertiary/aromatic N) is 2. The number of rotatable bonds is 8. The molecule has 0 bridgehead atoms. The Morgan fingerprint density at radius 3 is 2.50 bits per heavy atom. The van der Waals surface area contributed by atoms with E-state index < -0.39 is 11.5 Å². The van der Waals surface area contributed by atoms with Crippen molar-refractivity contribution in [2.75, 3.05) is 33.9 Å². The highest BCUT2D eigenvalue weighted by Gasteiger charge is 2.52. The van der Waals surface area contributed by atoms with E-state index in [1.165, 1.54) is 12.1 Å². The van der Waals surface area contributed by atoms with E-state index in [1.54, 1.807) is 31.3 Å². The van der Waals surface area contributed by atoms with Gasteiger partial charge in [0.2, 0.25) is 5.91 Å². The Balaban J connectivity index is 1.51. The second kappa shape index (κ2) is 10.9. The largest absolute Gasteiger partial charge is 0.493 e. The Morgan fingerprint density at radius 1 is 1.14 bits per heavy atom. The van der Waals surface area contributed by atoms with Crippen LogP contribution >= 0.6 is 0 Å². The number of carbonyl (C=O) groups is 2. The number of nitrogens with one attached hydrogen (secondary N) is 1. The lowest BCUT2D eigenvalue weighted by Crippen LogP contribution is -2.60. The second-order valence-electron chi connectivity index (χ2n) is 9.77. The van der Waals surface area contributed by atoms with Gasteiger partial charge in [-0.3, -0.25) is 14.9 Å². The van der Waals surface area contributed by atoms with Gasteiger partial charge in [-0.2, -0.15) is 0 Å². The van der Waals surface area contributed by atoms with Crippen LogP contribution in [0.5, 0.6) is 11.5 Å². The van der Waals surface area contributed by atoms with E-state index in [2.05, 4.69) is 19.2 Å². The van der Waals surface area contributed by atoms with E-state index >= 15 is 0 Å². The van der Waals surface area contributed by atoms with Crippen molar-refractivity contribution >= 4 is 11.8 Å². The Morgan fingerprint density at radius 2 is 1.86 bits per heavy atom. The highest BCUT2D eigenvalue weighted by Crippen LogP contribution is 2.36. The number of methoxy groups -OCH3 is 2. The Labute approximate surface area is 212 Å². The molecule has 0 saturated carbocycles. The fourth-order valence-corrected chi connectivity index (χ4v) is 5.33. The van der Waals surface area contributed by atoms with Crippen LogP contribution in [0.1, 0.15) is 49.0 Å². The normalized spacial score (nSPS) is 20.0. The molecule has 0 aromatic heterocycles. The molecule has 2 atom stereocenters. The van der Waals surface area contributed by atoms with Gasteiger partial charge < -0.3 is 19.3 Å². The summed E-state index contributed by atoms with van der Waals surface area (Å²) in [4.78, 5) is 30.3. The van der Waals surface area contributed by atoms with Crippen molar-refractivity contribution in [3.05, 3.63) is 59.4 Å². The summed E-state index contributed by atoms with van der Waals surface area (Å²) < 4.78 is 24.4. The first-order valence-electron chi connectivity index (χ1n) is 12.7. The number of piperidine rings is 1. The van der Waals surface area contributed by atoms with Gasteiger partial charge in [-0.1, -0.05) is 32.4 Å². The lowest BCUT2D eigenvalue weighted by Gasteiger charge is -2.45. The first kappa shape index (κ1) is 25.9. The third kappa shape index (κ3) is 5.05. The standard InChI is InChI=1S/C28H36FN3O4/c1-5-19(2)25-27(34)32(14-11-20-9-10-23(35-3)24(17-20)36-4)28(30-25)12-15-31(16-13-28)26(33)21-7-6-8-22(29)18-21/h6-10,17-19,25,30H,5,11-16H2,1-4H3/t19-,25-/m0/s1. The summed E-state index contributed by atoms with van der Waals surface area (Å²) in [5.74, 6) is 1.06. The van der Waals surface area contributed by atoms with E-state index in [4.69, 9.17) is 9.47 Å². The van der Waals surface area contributed by atoms with Crippen LogP contribution in [0.4, 0.5) is 4.39 Å². The van der Waals surface area contributed by atoms with Gasteiger partial charge >= 0.3 is 0 Å². The third-order valence-corrected chi connectivity index (χ3v) is 7.71. The summed E-state index contributed by atoms with van der Waals surface area (Å²) >= 11 is 0. The molecule has 0 unspecified atom stereocenters. The minimum atomic E-state index is -0.500. The van der Waals surface area contributed by atoms with Gasteiger partial charge in [0.05, 0.1) is 25.9 Å². The Kier molecular flexibility index (Phi) is 7.83. The molecular formula is C28H36FN3O4. The second-order valence-corrected chi connectivity index (χ2v) is 9.77. The van der Waals surface area contributed by atoms with Gasteiger partial charge in [0.1, 0.15) is 5.82 Å². The lowest BCUT2D eigenvalue weighted by atomic mass is 9.94. The molecule has 1 spiro atoms. The quantitative estimate of drug-likeness (QED) is 0.600. The number of hydrogen-bond acceptors (Lipinski definition) is 5. The summed E-state index contributed by atoms with van der Waals surface area (Å²) in [6, 6.07) is 11.4. The smallest absolute Gasteiger partial charge is 0.253 e. The summed E-state index contributed by atoms with van der Waals surface area (Å²) in [5.41, 5.74) is 0.908. The van der Waals surface area contributed by atoms with Crippen molar-refractivity contribution in [3.8, 4) is 11.5 Å². The summed E-state index contributed by atoms with van der Waals surface area (Å²) in [6.45, 7) is 5.75. The average molecular weight is 498 g/mol. The van der Waals surface area contributed by atoms with E-state index in [0.717, 1.165) is 12.0 Å². The third-order valence-electron chi connectivity index (χ3n) is 7.71. The van der Waals surface area contributed by atoms with Crippen LogP contribution in [-0.2, 0) is 11.2 Å². The summed E-state index contributed by atoms with van der Waals surface area (Å²) in [5, 5.41) is 3.68. The van der Waals surface area contributed by atoms with Crippen LogP contribution in [0, 0.1) is 11.7 Å². The average Bonchev–Trinajstić information content (AvgIpc) is 3.17. The van der Waals surface area contributed by atoms with Crippen molar-refractivity contribution in [1.82, 2.24) is 15.1 Å². The maximum absolute atomic E-state index is 13.7. The predicted molar refractivity (Wildman–Crippen MR) is 136 cm³/mol. The molecule has 194 valence electrons. The minimum absolute atomic E-state index is 0.120. The molecule has 2 amide bonds. The molecule has 2 aliphatic heterocycles. The number of carbonyl (C=O) groups excluding carboxylic acids is 2. The van der Waals surface area contributed by atoms with Gasteiger partial charge in [0.15, 0.2) is 11.5 Å². The molecular weight excluding hydrogens is 461 g/mol. The van der Waals surface area contributed by atoms with Crippen molar-refractivity contribution in [3.63, 3.8) is 0 Å². The van der Waals surface area contributed by atoms with Crippen LogP contribution in [0.2, 0.25) is 0 Å². The van der Waals surface area contributed by atoms with Gasteiger partial charge in [-0.15, -0.1) is 0 Å². The molecule has 2 aromatic rings. The molecule has 36 heavy (non-hydrogen) atoms. The minimum Gasteiger partial charge on any atom is -0.493 e. The van der Waals surface area contributed by atoms with E-state index in [0.29, 0.717) is 56.0 Å². The van der Waals surface area contributed by atoms with Crippen molar-refractivity contribution in [1.29, 1.82) is 0 Å². The maximum Gasteiger partial charge on any atom is 0.253 e. The summed E-state index contributed by atoms with van der Waals surface area (Å²) in [7, 11) is 3.22. The van der Waals surface area contributed by atoms with Gasteiger partial charge in [0, 0.05) is 38.0 Å². The van der Waals surface area contributed by atoms with Gasteiger partial charge in [-0.05, 0) is 48.2 Å². The number of benzene rings is 2. The maximum atomic E-state index is 13.7. The zero-order valence-corrected chi connectivity index (χ0v) is 21.6. The van der Waals surface area contributed by atoms with Gasteiger partial charge in [0.25, 0.3) is 5.91 Å². The van der Waals surface area contributed by atoms with E-state index in [-0.39, 0.29) is 23.8 Å². The van der Waals surface area contributed by atoms with Crippen LogP contribution < -0.4 is 14.8 Å². The lowest BCUT2D eigenvalue weighted by molar-refractivity contribution is -0.133. The van der Waals surface area contributed by atoms with E-state index in [9.17, 15) is 14.0 Å². The Bertz CT molecular complexity index is 1100. The van der Waals surface area contributed by atoms with Crippen molar-refractivity contribution in [2.24, 2.45) is 5.92 Å². The molecule has 7 nitrogen and oxygen atoms in total. The number of amides is 2. The number of hydrogen-bond donors (Lipinski definition) is 1. The summed E-state index contributed by atoms with van der Waals surface area (Å²) in [6.07, 6.45) is 2.82. The molecule has 2 heterocycles. The fourth-order valence-electron chi connectivity index (χ4n) is 5.33.